The smallest absolute Gasteiger partial charge is 0.336 e. The van der Waals surface area contributed by atoms with Crippen LogP contribution < -0.4 is 39.1 Å². The number of nitrogens with one attached hydrogen (secondary N) is 2. The largest absolute Gasteiger partial charge is 0.460 e. The van der Waals surface area contributed by atoms with Gasteiger partial charge in [-0.1, -0.05) is 24.3 Å². The lowest BCUT2D eigenvalue weighted by molar-refractivity contribution is -0.157. The summed E-state index contributed by atoms with van der Waals surface area (Å²) in [6.45, 7) is 11.7. The van der Waals surface area contributed by atoms with Gasteiger partial charge in [0.05, 0.1) is 36.9 Å². The van der Waals surface area contributed by atoms with Crippen molar-refractivity contribution in [1.82, 2.24) is 10.6 Å². The molecule has 0 radical (unpaired) electrons. The third kappa shape index (κ3) is 14.8. The van der Waals surface area contributed by atoms with Crippen LogP contribution in [0, 0.1) is 19.8 Å². The second kappa shape index (κ2) is 20.3. The Morgan fingerprint density at radius 2 is 1.08 bits per heavy atom. The lowest BCUT2D eigenvalue weighted by Gasteiger charge is -2.22. The minimum absolute atomic E-state index is 0.0123. The number of rotatable bonds is 16. The Kier molecular flexibility index (Phi) is 16.1. The van der Waals surface area contributed by atoms with Crippen LogP contribution in [-0.2, 0) is 51.1 Å². The minimum Gasteiger partial charge on any atom is -0.460 e. The molecule has 2 aromatic heterocycles. The molecule has 8 N–H and O–H groups in total. The third-order valence-electron chi connectivity index (χ3n) is 8.88. The number of ether oxygens (including phenoxy) is 1. The predicted octanol–water partition coefficient (Wildman–Crippen LogP) is 1.86. The maximum absolute atomic E-state index is 12.7. The molecule has 0 aliphatic heterocycles. The van der Waals surface area contributed by atoms with Crippen molar-refractivity contribution in [3.05, 3.63) is 91.6 Å². The Hall–Kier alpha value is -6.49. The lowest BCUT2D eigenvalue weighted by atomic mass is 9.98. The van der Waals surface area contributed by atoms with Crippen LogP contribution in [0.25, 0.3) is 21.9 Å². The molecule has 0 saturated carbocycles. The summed E-state index contributed by atoms with van der Waals surface area (Å²) in [4.78, 5) is 107. The summed E-state index contributed by atoms with van der Waals surface area (Å²) < 4.78 is 15.6. The third-order valence-corrected chi connectivity index (χ3v) is 8.88. The number of carbonyl (C=O) groups excluding carboxylic acids is 7. The monoisotopic (exact) mass is 817 g/mol. The van der Waals surface area contributed by atoms with Gasteiger partial charge < -0.3 is 41.4 Å². The van der Waals surface area contributed by atoms with Gasteiger partial charge in [-0.25, -0.2) is 9.59 Å². The van der Waals surface area contributed by atoms with Gasteiger partial charge in [-0.2, -0.15) is 0 Å². The summed E-state index contributed by atoms with van der Waals surface area (Å²) in [6.07, 6.45) is -0.956. The van der Waals surface area contributed by atoms with Gasteiger partial charge in [0, 0.05) is 42.2 Å². The van der Waals surface area contributed by atoms with Gasteiger partial charge in [0.2, 0.25) is 23.6 Å². The van der Waals surface area contributed by atoms with Crippen LogP contribution in [0.4, 0.5) is 0 Å². The normalized spacial score (nSPS) is 13.2. The van der Waals surface area contributed by atoms with Crippen LogP contribution >= 0.6 is 0 Å². The Bertz CT molecular complexity index is 2380. The molecule has 0 fully saturated rings. The zero-order valence-corrected chi connectivity index (χ0v) is 34.1. The molecular weight excluding hydrogens is 766 g/mol. The van der Waals surface area contributed by atoms with Gasteiger partial charge >= 0.3 is 17.2 Å². The highest BCUT2D eigenvalue weighted by molar-refractivity contribution is 5.95. The van der Waals surface area contributed by atoms with Crippen LogP contribution in [0.3, 0.4) is 0 Å². The summed E-state index contributed by atoms with van der Waals surface area (Å²) >= 11 is 0. The van der Waals surface area contributed by atoms with Crippen LogP contribution in [0.1, 0.15) is 76.1 Å². The Balaban J connectivity index is 0.000000324. The summed E-state index contributed by atoms with van der Waals surface area (Å²) in [6, 6.07) is 10.3. The fraction of sp³-hybridized carbons (Fsp3) is 0.405. The van der Waals surface area contributed by atoms with Crippen molar-refractivity contribution in [3.63, 3.8) is 0 Å². The van der Waals surface area contributed by atoms with Crippen LogP contribution in [0.2, 0.25) is 0 Å². The molecule has 0 spiro atoms. The highest BCUT2D eigenvalue weighted by Crippen LogP contribution is 2.21. The summed E-state index contributed by atoms with van der Waals surface area (Å²) in [5.74, 6) is -4.94. The van der Waals surface area contributed by atoms with Gasteiger partial charge in [0.1, 0.15) is 16.8 Å². The van der Waals surface area contributed by atoms with Crippen molar-refractivity contribution in [1.29, 1.82) is 0 Å². The number of primary amides is 2. The molecular formula is C42H51N5O12. The number of esters is 1. The van der Waals surface area contributed by atoms with E-state index in [1.807, 2.05) is 0 Å². The number of hydrogen-bond donors (Lipinski definition) is 5. The summed E-state index contributed by atoms with van der Waals surface area (Å²) in [7, 11) is 0. The number of Topliss-reactive ketones (excluding diaryl/α,β-unsaturated/α-hetero) is 2. The zero-order chi connectivity index (χ0) is 44.4. The molecule has 0 bridgehead atoms. The first-order valence-corrected chi connectivity index (χ1v) is 18.7. The summed E-state index contributed by atoms with van der Waals surface area (Å²) in [5, 5.41) is 6.58. The molecule has 4 atom stereocenters. The number of ketones is 2. The van der Waals surface area contributed by atoms with Crippen molar-refractivity contribution in [3.8, 4) is 0 Å². The van der Waals surface area contributed by atoms with Crippen molar-refractivity contribution in [2.24, 2.45) is 23.1 Å². The minimum atomic E-state index is -1.10. The van der Waals surface area contributed by atoms with Crippen molar-refractivity contribution < 1.29 is 47.1 Å². The number of carbonyl (C=O) groups is 7. The number of benzene rings is 2. The maximum Gasteiger partial charge on any atom is 0.336 e. The van der Waals surface area contributed by atoms with Crippen LogP contribution in [0.5, 0.6) is 0 Å². The molecule has 316 valence electrons. The van der Waals surface area contributed by atoms with Crippen molar-refractivity contribution in [2.75, 3.05) is 0 Å². The van der Waals surface area contributed by atoms with Gasteiger partial charge in [-0.05, 0) is 82.9 Å². The van der Waals surface area contributed by atoms with E-state index in [-0.39, 0.29) is 43.7 Å². The topological polar surface area (TPSA) is 291 Å². The molecule has 0 unspecified atom stereocenters. The molecule has 17 heteroatoms. The molecule has 4 rings (SSSR count). The predicted molar refractivity (Wildman–Crippen MR) is 217 cm³/mol. The number of nitrogens with two attached hydrogens (primary N) is 3. The number of amides is 4. The lowest BCUT2D eigenvalue weighted by Crippen LogP contribution is -2.48. The Labute approximate surface area is 339 Å². The average Bonchev–Trinajstić information content (AvgIpc) is 3.09. The first-order chi connectivity index (χ1) is 27.4. The molecule has 2 heterocycles. The highest BCUT2D eigenvalue weighted by atomic mass is 16.6. The van der Waals surface area contributed by atoms with E-state index in [2.05, 4.69) is 10.6 Å². The number of fused-ring (bicyclic) bond motifs is 2. The van der Waals surface area contributed by atoms with Gasteiger partial charge in [-0.3, -0.25) is 33.6 Å². The van der Waals surface area contributed by atoms with E-state index in [1.165, 1.54) is 26.0 Å². The van der Waals surface area contributed by atoms with E-state index >= 15 is 0 Å². The van der Waals surface area contributed by atoms with Crippen LogP contribution in [0.15, 0.2) is 67.0 Å². The van der Waals surface area contributed by atoms with E-state index in [0.717, 1.165) is 21.9 Å². The van der Waals surface area contributed by atoms with E-state index in [1.54, 1.807) is 71.0 Å². The standard InChI is InChI=1S/C24H30N2O7.C18H21N3O5/c1-13-8-21(29)32-19-10-15(6-7-17(13)19)9-18(27)14(2)26-23(31)16(11-20(25)28)12-22(30)33-24(3,4)5;1-9-5-17(24)26-15-7-11(3-4-12(9)15)6-14(22)10(2)21-18(25)13(19)8-16(20)23/h6-8,10,14,16H,9,11-12H2,1-5H3,(H2,25,28)(H,26,31);3-5,7,10,13H,6,8,19H2,1-2H3,(H2,20,23)(H,21,25)/t14-,16-;10-,13+/m00/s1. The fourth-order valence-electron chi connectivity index (χ4n) is 5.87. The van der Waals surface area contributed by atoms with Crippen molar-refractivity contribution >= 4 is 63.1 Å². The second-order valence-electron chi connectivity index (χ2n) is 15.3. The van der Waals surface area contributed by atoms with E-state index in [0.29, 0.717) is 22.3 Å². The molecule has 17 nitrogen and oxygen atoms in total. The number of aryl methyl sites for hydroxylation is 2. The molecule has 0 aliphatic rings. The molecule has 4 aromatic rings. The van der Waals surface area contributed by atoms with Crippen molar-refractivity contribution in [2.45, 2.75) is 104 Å². The maximum atomic E-state index is 12.7. The molecule has 0 aliphatic carbocycles. The van der Waals surface area contributed by atoms with Gasteiger partial charge in [-0.15, -0.1) is 0 Å². The molecule has 2 aromatic carbocycles. The summed E-state index contributed by atoms with van der Waals surface area (Å²) in [5.41, 5.74) is 17.7. The highest BCUT2D eigenvalue weighted by Gasteiger charge is 2.29. The van der Waals surface area contributed by atoms with Gasteiger partial charge in [0.15, 0.2) is 11.6 Å². The molecule has 59 heavy (non-hydrogen) atoms. The molecule has 0 saturated heterocycles. The van der Waals surface area contributed by atoms with Crippen LogP contribution in [-0.4, -0.2) is 64.9 Å². The SMILES string of the molecule is Cc1cc(=O)oc2cc(CC(=O)[C@H](C)NC(=O)[C@@H](CC(N)=O)CC(=O)OC(C)(C)C)ccc12.Cc1cc(=O)oc2cc(CC(=O)[C@H](C)NC(=O)[C@H](N)CC(N)=O)ccc12. The molecule has 4 amide bonds. The fourth-order valence-corrected chi connectivity index (χ4v) is 5.87. The van der Waals surface area contributed by atoms with Gasteiger partial charge in [0.25, 0.3) is 0 Å². The van der Waals surface area contributed by atoms with E-state index in [4.69, 9.17) is 30.8 Å². The first kappa shape index (κ1) is 46.9. The zero-order valence-electron chi connectivity index (χ0n) is 34.1. The first-order valence-electron chi connectivity index (χ1n) is 18.7. The second-order valence-corrected chi connectivity index (χ2v) is 15.3. The Morgan fingerprint density at radius 1 is 0.661 bits per heavy atom. The number of hydrogen-bond acceptors (Lipinski definition) is 13. The average molecular weight is 818 g/mol. The Morgan fingerprint density at radius 3 is 1.49 bits per heavy atom. The van der Waals surface area contributed by atoms with E-state index < -0.39 is 70.5 Å². The quantitative estimate of drug-likeness (QED) is 0.0798. The van der Waals surface area contributed by atoms with E-state index in [9.17, 15) is 43.2 Å².